The van der Waals surface area contributed by atoms with Gasteiger partial charge in [-0.3, -0.25) is 10.1 Å². The van der Waals surface area contributed by atoms with Gasteiger partial charge < -0.3 is 10.2 Å². The minimum atomic E-state index is -0.486. The monoisotopic (exact) mass is 328 g/mol. The first-order valence-electron chi connectivity index (χ1n) is 8.01. The molecule has 1 aromatic carbocycles. The van der Waals surface area contributed by atoms with Crippen LogP contribution in [0.1, 0.15) is 19.8 Å². The molecule has 2 aromatic rings. The average Bonchev–Trinajstić information content (AvgIpc) is 3.05. The summed E-state index contributed by atoms with van der Waals surface area (Å²) in [7, 11) is 0. The van der Waals surface area contributed by atoms with Gasteiger partial charge in [0.1, 0.15) is 6.04 Å². The lowest BCUT2D eigenvalue weighted by molar-refractivity contribution is -0.135. The second-order valence-electron chi connectivity index (χ2n) is 5.58. The zero-order valence-electron chi connectivity index (χ0n) is 13.5. The normalized spacial score (nSPS) is 17.6. The van der Waals surface area contributed by atoms with Gasteiger partial charge in [0, 0.05) is 13.1 Å². The van der Waals surface area contributed by atoms with E-state index in [2.05, 4.69) is 20.9 Å². The van der Waals surface area contributed by atoms with E-state index < -0.39 is 12.1 Å². The Morgan fingerprint density at radius 1 is 1.33 bits per heavy atom. The molecule has 1 unspecified atom stereocenters. The predicted octanol–water partition coefficient (Wildman–Crippen LogP) is 1.40. The van der Waals surface area contributed by atoms with Crippen LogP contribution in [0.15, 0.2) is 36.5 Å². The van der Waals surface area contributed by atoms with Crippen LogP contribution in [0.4, 0.5) is 10.6 Å². The van der Waals surface area contributed by atoms with Gasteiger partial charge in [-0.1, -0.05) is 23.4 Å². The van der Waals surface area contributed by atoms with Crippen molar-refractivity contribution < 1.29 is 9.59 Å². The highest BCUT2D eigenvalue weighted by atomic mass is 16.2. The van der Waals surface area contributed by atoms with E-state index in [1.165, 1.54) is 10.9 Å². The molecule has 1 atom stereocenters. The van der Waals surface area contributed by atoms with Crippen LogP contribution in [0.3, 0.4) is 0 Å². The molecule has 126 valence electrons. The summed E-state index contributed by atoms with van der Waals surface area (Å²) in [6, 6.07) is 8.45. The van der Waals surface area contributed by atoms with Gasteiger partial charge in [-0.25, -0.2) is 4.79 Å². The van der Waals surface area contributed by atoms with Crippen LogP contribution < -0.4 is 10.6 Å². The molecule has 0 radical (unpaired) electrons. The lowest BCUT2D eigenvalue weighted by Crippen LogP contribution is -2.53. The fraction of sp³-hybridized carbons (Fsp3) is 0.375. The van der Waals surface area contributed by atoms with Gasteiger partial charge in [-0.05, 0) is 31.9 Å². The van der Waals surface area contributed by atoms with E-state index in [4.69, 9.17) is 0 Å². The van der Waals surface area contributed by atoms with Gasteiger partial charge in [0.2, 0.25) is 5.91 Å². The number of amides is 3. The first-order valence-corrected chi connectivity index (χ1v) is 8.01. The Hall–Kier alpha value is -2.90. The Morgan fingerprint density at radius 3 is 2.88 bits per heavy atom. The molecule has 1 aliphatic rings. The number of para-hydroxylation sites is 1. The molecule has 1 aliphatic heterocycles. The number of piperidine rings is 1. The Balaban J connectivity index is 1.66. The van der Waals surface area contributed by atoms with Crippen molar-refractivity contribution in [3.63, 3.8) is 0 Å². The highest BCUT2D eigenvalue weighted by Gasteiger charge is 2.29. The van der Waals surface area contributed by atoms with Crippen LogP contribution in [0, 0.1) is 0 Å². The van der Waals surface area contributed by atoms with Gasteiger partial charge >= 0.3 is 6.03 Å². The minimum absolute atomic E-state index is 0.0337. The third-order valence-electron chi connectivity index (χ3n) is 4.01. The molecule has 0 saturated carbocycles. The Labute approximate surface area is 139 Å². The van der Waals surface area contributed by atoms with Crippen molar-refractivity contribution in [1.82, 2.24) is 25.2 Å². The summed E-state index contributed by atoms with van der Waals surface area (Å²) in [5.74, 6) is 0.405. The number of hydrogen-bond acceptors (Lipinski definition) is 4. The van der Waals surface area contributed by atoms with Crippen LogP contribution in [0.2, 0.25) is 0 Å². The Bertz CT molecular complexity index is 714. The molecule has 2 N–H and O–H groups in total. The number of likely N-dealkylation sites (N-methyl/N-ethyl adjacent to an activating group) is 1. The number of nitrogens with one attached hydrogen (secondary N) is 2. The maximum atomic E-state index is 12.2. The summed E-state index contributed by atoms with van der Waals surface area (Å²) < 4.78 is 1.53. The van der Waals surface area contributed by atoms with Crippen LogP contribution in [-0.2, 0) is 4.79 Å². The lowest BCUT2D eigenvalue weighted by atomic mass is 10.1. The Morgan fingerprint density at radius 2 is 2.12 bits per heavy atom. The van der Waals surface area contributed by atoms with Crippen LogP contribution >= 0.6 is 0 Å². The number of likely N-dealkylation sites (tertiary alicyclic amines) is 1. The van der Waals surface area contributed by atoms with Crippen LogP contribution in [-0.4, -0.2) is 51.0 Å². The van der Waals surface area contributed by atoms with Gasteiger partial charge in [-0.2, -0.15) is 4.68 Å². The van der Waals surface area contributed by atoms with Crippen molar-refractivity contribution in [3.05, 3.63) is 36.5 Å². The van der Waals surface area contributed by atoms with E-state index >= 15 is 0 Å². The summed E-state index contributed by atoms with van der Waals surface area (Å²) in [5.41, 5.74) is 0.788. The SMILES string of the molecule is CCN1CCCC(NC(=O)Nc2cnnn2-c2ccccc2)C1=O. The third kappa shape index (κ3) is 3.37. The zero-order chi connectivity index (χ0) is 16.9. The maximum Gasteiger partial charge on any atom is 0.321 e. The summed E-state index contributed by atoms with van der Waals surface area (Å²) in [6.45, 7) is 3.34. The molecule has 0 aliphatic carbocycles. The standard InChI is InChI=1S/C16H20N6O2/c1-2-21-10-6-9-13(15(21)23)18-16(24)19-14-11-17-20-22(14)12-7-4-3-5-8-12/h3-5,7-8,11,13H,2,6,9-10H2,1H3,(H2,18,19,24). The average molecular weight is 328 g/mol. The number of hydrogen-bond donors (Lipinski definition) is 2. The number of nitrogens with zero attached hydrogens (tertiary/aromatic N) is 4. The third-order valence-corrected chi connectivity index (χ3v) is 4.01. The molecule has 24 heavy (non-hydrogen) atoms. The fourth-order valence-electron chi connectivity index (χ4n) is 2.78. The topological polar surface area (TPSA) is 92.2 Å². The van der Waals surface area contributed by atoms with E-state index in [1.807, 2.05) is 37.3 Å². The van der Waals surface area contributed by atoms with Crippen molar-refractivity contribution in [3.8, 4) is 5.69 Å². The summed E-state index contributed by atoms with van der Waals surface area (Å²) in [6.07, 6.45) is 3.00. The van der Waals surface area contributed by atoms with Crippen molar-refractivity contribution in [2.45, 2.75) is 25.8 Å². The highest BCUT2D eigenvalue weighted by Crippen LogP contribution is 2.14. The van der Waals surface area contributed by atoms with E-state index in [1.54, 1.807) is 4.90 Å². The van der Waals surface area contributed by atoms with E-state index in [9.17, 15) is 9.59 Å². The van der Waals surface area contributed by atoms with Gasteiger partial charge in [0.25, 0.3) is 0 Å². The van der Waals surface area contributed by atoms with Crippen molar-refractivity contribution in [2.24, 2.45) is 0 Å². The predicted molar refractivity (Wildman–Crippen MR) is 88.8 cm³/mol. The van der Waals surface area contributed by atoms with Crippen LogP contribution in [0.25, 0.3) is 5.69 Å². The first kappa shape index (κ1) is 16.0. The number of anilines is 1. The Kier molecular flexibility index (Phi) is 4.74. The highest BCUT2D eigenvalue weighted by molar-refractivity contribution is 5.93. The number of carbonyl (C=O) groups excluding carboxylic acids is 2. The molecule has 0 bridgehead atoms. The fourth-order valence-corrected chi connectivity index (χ4v) is 2.78. The quantitative estimate of drug-likeness (QED) is 0.887. The molecular formula is C16H20N6O2. The number of carbonyl (C=O) groups is 2. The summed E-state index contributed by atoms with van der Waals surface area (Å²) >= 11 is 0. The molecular weight excluding hydrogens is 308 g/mol. The smallest absolute Gasteiger partial charge is 0.321 e. The lowest BCUT2D eigenvalue weighted by Gasteiger charge is -2.31. The number of rotatable bonds is 4. The van der Waals surface area contributed by atoms with Crippen molar-refractivity contribution >= 4 is 17.8 Å². The summed E-state index contributed by atoms with van der Waals surface area (Å²) in [4.78, 5) is 26.2. The molecule has 3 amide bonds. The second kappa shape index (κ2) is 7.12. The van der Waals surface area contributed by atoms with Gasteiger partial charge in [0.15, 0.2) is 5.82 Å². The zero-order valence-corrected chi connectivity index (χ0v) is 13.5. The van der Waals surface area contributed by atoms with Crippen molar-refractivity contribution in [1.29, 1.82) is 0 Å². The van der Waals surface area contributed by atoms with E-state index in [0.29, 0.717) is 18.8 Å². The number of benzene rings is 1. The first-order chi connectivity index (χ1) is 11.7. The number of aromatic nitrogens is 3. The molecule has 1 saturated heterocycles. The molecule has 0 spiro atoms. The van der Waals surface area contributed by atoms with Crippen LogP contribution in [0.5, 0.6) is 0 Å². The largest absolute Gasteiger partial charge is 0.341 e. The van der Waals surface area contributed by atoms with Gasteiger partial charge in [-0.15, -0.1) is 5.10 Å². The molecule has 1 fully saturated rings. The van der Waals surface area contributed by atoms with E-state index in [0.717, 1.165) is 18.7 Å². The molecule has 8 heteroatoms. The van der Waals surface area contributed by atoms with Crippen molar-refractivity contribution in [2.75, 3.05) is 18.4 Å². The summed E-state index contributed by atoms with van der Waals surface area (Å²) in [5, 5.41) is 13.3. The maximum absolute atomic E-state index is 12.2. The molecule has 2 heterocycles. The molecule has 1 aromatic heterocycles. The molecule has 3 rings (SSSR count). The number of urea groups is 1. The van der Waals surface area contributed by atoms with Gasteiger partial charge in [0.05, 0.1) is 11.9 Å². The molecule has 8 nitrogen and oxygen atoms in total. The minimum Gasteiger partial charge on any atom is -0.341 e. The second-order valence-corrected chi connectivity index (χ2v) is 5.58. The van der Waals surface area contributed by atoms with E-state index in [-0.39, 0.29) is 5.91 Å².